The Labute approximate surface area is 169 Å². The van der Waals surface area contributed by atoms with E-state index in [2.05, 4.69) is 10.3 Å². The lowest BCUT2D eigenvalue weighted by molar-refractivity contribution is -0.137. The van der Waals surface area contributed by atoms with E-state index in [1.165, 1.54) is 4.90 Å². The first-order valence-electron chi connectivity index (χ1n) is 9.43. The van der Waals surface area contributed by atoms with E-state index in [0.717, 1.165) is 27.9 Å². The number of nitrogens with one attached hydrogen (secondary N) is 1. The number of hydrogen-bond acceptors (Lipinski definition) is 4. The van der Waals surface area contributed by atoms with E-state index in [-0.39, 0.29) is 18.4 Å². The highest BCUT2D eigenvalue weighted by atomic mass is 16.2. The highest BCUT2D eigenvalue weighted by Crippen LogP contribution is 2.32. The maximum Gasteiger partial charge on any atom is 0.278 e. The first-order valence-corrected chi connectivity index (χ1v) is 9.43. The molecule has 0 unspecified atom stereocenters. The minimum absolute atomic E-state index is 0.203. The Morgan fingerprint density at radius 3 is 2.28 bits per heavy atom. The van der Waals surface area contributed by atoms with Crippen LogP contribution < -0.4 is 5.32 Å². The Balaban J connectivity index is 1.77. The van der Waals surface area contributed by atoms with Crippen LogP contribution in [-0.4, -0.2) is 21.7 Å². The number of imide groups is 1. The number of anilines is 1. The van der Waals surface area contributed by atoms with Crippen LogP contribution in [0.4, 0.5) is 5.69 Å². The number of rotatable bonds is 5. The topological polar surface area (TPSA) is 62.3 Å². The van der Waals surface area contributed by atoms with Crippen molar-refractivity contribution in [2.24, 2.45) is 0 Å². The molecular formula is C24H21N3O2. The summed E-state index contributed by atoms with van der Waals surface area (Å²) in [4.78, 5) is 31.8. The van der Waals surface area contributed by atoms with Crippen LogP contribution in [0.25, 0.3) is 5.57 Å². The van der Waals surface area contributed by atoms with Gasteiger partial charge in [0.2, 0.25) is 0 Å². The first kappa shape index (κ1) is 18.6. The number of carbonyl (C=O) groups excluding carboxylic acids is 2. The van der Waals surface area contributed by atoms with Gasteiger partial charge in [-0.1, -0.05) is 36.4 Å². The number of pyridine rings is 1. The molecular weight excluding hydrogens is 362 g/mol. The van der Waals surface area contributed by atoms with E-state index in [1.807, 2.05) is 62.4 Å². The Morgan fingerprint density at radius 1 is 0.862 bits per heavy atom. The molecule has 29 heavy (non-hydrogen) atoms. The van der Waals surface area contributed by atoms with Gasteiger partial charge in [0.15, 0.2) is 0 Å². The maximum atomic E-state index is 13.3. The number of nitrogens with zero attached hydrogens (tertiary/aromatic N) is 2. The van der Waals surface area contributed by atoms with Crippen LogP contribution in [0.3, 0.4) is 0 Å². The van der Waals surface area contributed by atoms with Gasteiger partial charge in [-0.25, -0.2) is 0 Å². The predicted octanol–water partition coefficient (Wildman–Crippen LogP) is 4.09. The molecule has 2 heterocycles. The molecule has 4 rings (SSSR count). The molecule has 0 radical (unpaired) electrons. The third kappa shape index (κ3) is 3.67. The molecule has 0 fully saturated rings. The molecule has 1 aliphatic rings. The number of aryl methyl sites for hydroxylation is 2. The van der Waals surface area contributed by atoms with Crippen molar-refractivity contribution in [3.8, 4) is 0 Å². The summed E-state index contributed by atoms with van der Waals surface area (Å²) in [5, 5.41) is 3.17. The van der Waals surface area contributed by atoms with Crippen LogP contribution in [0.15, 0.2) is 78.8 Å². The number of benzene rings is 2. The van der Waals surface area contributed by atoms with Crippen LogP contribution in [-0.2, 0) is 16.1 Å². The largest absolute Gasteiger partial charge is 0.350 e. The van der Waals surface area contributed by atoms with Gasteiger partial charge in [0.25, 0.3) is 11.8 Å². The summed E-state index contributed by atoms with van der Waals surface area (Å²) in [5.41, 5.74) is 5.26. The standard InChI is InChI=1S/C24H21N3O2/c1-16-8-9-19(14-17(16)2)21-22(26-20-6-4-3-5-7-20)24(29)27(23(21)28)15-18-10-12-25-13-11-18/h3-14,26H,15H2,1-2H3. The fraction of sp³-hybridized carbons (Fsp3) is 0.125. The lowest BCUT2D eigenvalue weighted by Gasteiger charge is -2.15. The van der Waals surface area contributed by atoms with Crippen molar-refractivity contribution >= 4 is 23.1 Å². The first-order chi connectivity index (χ1) is 14.0. The number of hydrogen-bond donors (Lipinski definition) is 1. The van der Waals surface area contributed by atoms with Gasteiger partial charge in [0.1, 0.15) is 5.70 Å². The molecule has 0 aliphatic carbocycles. The quantitative estimate of drug-likeness (QED) is 0.674. The average molecular weight is 383 g/mol. The highest BCUT2D eigenvalue weighted by molar-refractivity contribution is 6.36. The zero-order chi connectivity index (χ0) is 20.4. The fourth-order valence-corrected chi connectivity index (χ4v) is 3.34. The van der Waals surface area contributed by atoms with Crippen LogP contribution >= 0.6 is 0 Å². The lowest BCUT2D eigenvalue weighted by Crippen LogP contribution is -2.32. The maximum absolute atomic E-state index is 13.3. The van der Waals surface area contributed by atoms with E-state index >= 15 is 0 Å². The average Bonchev–Trinajstić information content (AvgIpc) is 2.96. The van der Waals surface area contributed by atoms with Crippen LogP contribution in [0.2, 0.25) is 0 Å². The van der Waals surface area contributed by atoms with Gasteiger partial charge in [0, 0.05) is 18.1 Å². The van der Waals surface area contributed by atoms with E-state index in [0.29, 0.717) is 11.3 Å². The summed E-state index contributed by atoms with van der Waals surface area (Å²) in [6.45, 7) is 4.22. The molecule has 2 aromatic carbocycles. The van der Waals surface area contributed by atoms with E-state index in [1.54, 1.807) is 24.5 Å². The molecule has 0 bridgehead atoms. The van der Waals surface area contributed by atoms with Crippen molar-refractivity contribution in [1.82, 2.24) is 9.88 Å². The van der Waals surface area contributed by atoms with Crippen molar-refractivity contribution in [1.29, 1.82) is 0 Å². The SMILES string of the molecule is Cc1ccc(C2=C(Nc3ccccc3)C(=O)N(Cc3ccncc3)C2=O)cc1C. The van der Waals surface area contributed by atoms with Crippen molar-refractivity contribution in [3.05, 3.63) is 101 Å². The zero-order valence-corrected chi connectivity index (χ0v) is 16.3. The molecule has 0 saturated carbocycles. The molecule has 2 amide bonds. The Kier molecular flexibility index (Phi) is 4.96. The summed E-state index contributed by atoms with van der Waals surface area (Å²) in [7, 11) is 0. The second kappa shape index (κ2) is 7.72. The molecule has 0 saturated heterocycles. The van der Waals surface area contributed by atoms with Crippen molar-refractivity contribution in [3.63, 3.8) is 0 Å². The van der Waals surface area contributed by atoms with Gasteiger partial charge in [-0.2, -0.15) is 0 Å². The Hall–Kier alpha value is -3.73. The van der Waals surface area contributed by atoms with Gasteiger partial charge in [-0.3, -0.25) is 19.5 Å². The monoisotopic (exact) mass is 383 g/mol. The molecule has 1 N–H and O–H groups in total. The van der Waals surface area contributed by atoms with Crippen LogP contribution in [0.1, 0.15) is 22.3 Å². The summed E-state index contributed by atoms with van der Waals surface area (Å²) in [6, 6.07) is 18.8. The second-order valence-electron chi connectivity index (χ2n) is 7.09. The molecule has 0 spiro atoms. The minimum Gasteiger partial charge on any atom is -0.350 e. The van der Waals surface area contributed by atoms with Gasteiger partial charge in [0.05, 0.1) is 12.1 Å². The summed E-state index contributed by atoms with van der Waals surface area (Å²) < 4.78 is 0. The lowest BCUT2D eigenvalue weighted by atomic mass is 9.99. The van der Waals surface area contributed by atoms with E-state index in [9.17, 15) is 9.59 Å². The molecule has 5 nitrogen and oxygen atoms in total. The minimum atomic E-state index is -0.330. The number of amides is 2. The molecule has 1 aliphatic heterocycles. The Morgan fingerprint density at radius 2 is 1.59 bits per heavy atom. The van der Waals surface area contributed by atoms with E-state index < -0.39 is 0 Å². The molecule has 0 atom stereocenters. The van der Waals surface area contributed by atoms with Crippen molar-refractivity contribution in [2.45, 2.75) is 20.4 Å². The smallest absolute Gasteiger partial charge is 0.278 e. The number of carbonyl (C=O) groups is 2. The predicted molar refractivity (Wildman–Crippen MR) is 113 cm³/mol. The van der Waals surface area contributed by atoms with Crippen LogP contribution in [0.5, 0.6) is 0 Å². The number of para-hydroxylation sites is 1. The molecule has 144 valence electrons. The molecule has 5 heteroatoms. The summed E-state index contributed by atoms with van der Waals surface area (Å²) in [6.07, 6.45) is 3.31. The number of aromatic nitrogens is 1. The van der Waals surface area contributed by atoms with Crippen molar-refractivity contribution in [2.75, 3.05) is 5.32 Å². The normalized spacial score (nSPS) is 13.9. The molecule has 3 aromatic rings. The van der Waals surface area contributed by atoms with Gasteiger partial charge >= 0.3 is 0 Å². The van der Waals surface area contributed by atoms with Crippen molar-refractivity contribution < 1.29 is 9.59 Å². The van der Waals surface area contributed by atoms with E-state index in [4.69, 9.17) is 0 Å². The molecule has 1 aromatic heterocycles. The summed E-state index contributed by atoms with van der Waals surface area (Å²) in [5.74, 6) is -0.627. The van der Waals surface area contributed by atoms with Gasteiger partial charge in [-0.05, 0) is 60.4 Å². The zero-order valence-electron chi connectivity index (χ0n) is 16.3. The second-order valence-corrected chi connectivity index (χ2v) is 7.09. The highest BCUT2D eigenvalue weighted by Gasteiger charge is 2.39. The van der Waals surface area contributed by atoms with Gasteiger partial charge < -0.3 is 5.32 Å². The van der Waals surface area contributed by atoms with Crippen LogP contribution in [0, 0.1) is 13.8 Å². The summed E-state index contributed by atoms with van der Waals surface area (Å²) >= 11 is 0. The Bertz CT molecular complexity index is 1110. The third-order valence-corrected chi connectivity index (χ3v) is 5.10. The fourth-order valence-electron chi connectivity index (χ4n) is 3.34. The third-order valence-electron chi connectivity index (χ3n) is 5.10. The van der Waals surface area contributed by atoms with Gasteiger partial charge in [-0.15, -0.1) is 0 Å².